The van der Waals surface area contributed by atoms with Gasteiger partial charge < -0.3 is 19.9 Å². The number of aromatic nitrogens is 3. The van der Waals surface area contributed by atoms with Crippen LogP contribution < -0.4 is 15.5 Å². The Balaban J connectivity index is 0.00000205. The van der Waals surface area contributed by atoms with Crippen LogP contribution in [0.5, 0.6) is 0 Å². The molecule has 0 unspecified atom stereocenters. The SMILES string of the molecule is Cc1cn2cc(C(=O)Nc3ccc(N4C[C@H]5CC[C@@H](C4)N5)cc3F)ncc2n1.Cl. The Morgan fingerprint density at radius 1 is 1.24 bits per heavy atom. The molecule has 7 nitrogen and oxygen atoms in total. The molecule has 5 rings (SSSR count). The second-order valence-corrected chi connectivity index (χ2v) is 7.58. The normalized spacial score (nSPS) is 20.6. The Bertz CT molecular complexity index is 1060. The van der Waals surface area contributed by atoms with Crippen molar-refractivity contribution in [2.24, 2.45) is 0 Å². The highest BCUT2D eigenvalue weighted by Gasteiger charge is 2.32. The summed E-state index contributed by atoms with van der Waals surface area (Å²) in [5.41, 5.74) is 2.70. The minimum absolute atomic E-state index is 0. The minimum Gasteiger partial charge on any atom is -0.368 e. The summed E-state index contributed by atoms with van der Waals surface area (Å²) in [5.74, 6) is -0.906. The molecule has 3 aromatic rings. The molecule has 0 saturated carbocycles. The molecule has 152 valence electrons. The number of hydrogen-bond donors (Lipinski definition) is 2. The summed E-state index contributed by atoms with van der Waals surface area (Å²) in [6.07, 6.45) is 7.27. The van der Waals surface area contributed by atoms with Gasteiger partial charge in [0, 0.05) is 43.3 Å². The first-order chi connectivity index (χ1) is 13.5. The van der Waals surface area contributed by atoms with Crippen LogP contribution in [0.15, 0.2) is 36.8 Å². The summed E-state index contributed by atoms with van der Waals surface area (Å²) in [7, 11) is 0. The van der Waals surface area contributed by atoms with Gasteiger partial charge in [-0.2, -0.15) is 0 Å². The van der Waals surface area contributed by atoms with Crippen LogP contribution in [-0.4, -0.2) is 45.4 Å². The minimum atomic E-state index is -0.458. The maximum Gasteiger partial charge on any atom is 0.275 e. The molecular weight excluding hydrogens is 395 g/mol. The quantitative estimate of drug-likeness (QED) is 0.686. The van der Waals surface area contributed by atoms with E-state index >= 15 is 0 Å². The topological polar surface area (TPSA) is 74.6 Å². The van der Waals surface area contributed by atoms with Crippen molar-refractivity contribution in [3.63, 3.8) is 0 Å². The highest BCUT2D eigenvalue weighted by Crippen LogP contribution is 2.28. The maximum absolute atomic E-state index is 14.7. The number of nitrogens with one attached hydrogen (secondary N) is 2. The summed E-state index contributed by atoms with van der Waals surface area (Å²) >= 11 is 0. The van der Waals surface area contributed by atoms with E-state index in [1.165, 1.54) is 25.1 Å². The van der Waals surface area contributed by atoms with Gasteiger partial charge in [-0.05, 0) is 38.0 Å². The number of aryl methyl sites for hydroxylation is 1. The summed E-state index contributed by atoms with van der Waals surface area (Å²) in [5, 5.41) is 6.19. The Morgan fingerprint density at radius 3 is 2.72 bits per heavy atom. The molecule has 0 aliphatic carbocycles. The number of hydrogen-bond acceptors (Lipinski definition) is 5. The zero-order valence-electron chi connectivity index (χ0n) is 15.9. The van der Waals surface area contributed by atoms with Crippen LogP contribution in [0.4, 0.5) is 15.8 Å². The van der Waals surface area contributed by atoms with E-state index in [0.717, 1.165) is 24.5 Å². The van der Waals surface area contributed by atoms with Crippen LogP contribution in [0.3, 0.4) is 0 Å². The van der Waals surface area contributed by atoms with E-state index in [1.807, 2.05) is 19.2 Å². The molecule has 2 atom stereocenters. The third kappa shape index (κ3) is 3.77. The maximum atomic E-state index is 14.7. The molecule has 1 amide bonds. The first-order valence-corrected chi connectivity index (χ1v) is 9.48. The zero-order chi connectivity index (χ0) is 19.3. The van der Waals surface area contributed by atoms with Gasteiger partial charge in [-0.3, -0.25) is 4.79 Å². The fourth-order valence-corrected chi connectivity index (χ4v) is 4.14. The Kier molecular flexibility index (Phi) is 5.14. The van der Waals surface area contributed by atoms with Gasteiger partial charge in [0.1, 0.15) is 11.5 Å². The van der Waals surface area contributed by atoms with Crippen molar-refractivity contribution in [3.05, 3.63) is 54.0 Å². The molecule has 2 aromatic heterocycles. The van der Waals surface area contributed by atoms with Gasteiger partial charge >= 0.3 is 0 Å². The highest BCUT2D eigenvalue weighted by atomic mass is 35.5. The molecule has 0 radical (unpaired) electrons. The van der Waals surface area contributed by atoms with E-state index in [2.05, 4.69) is 25.5 Å². The van der Waals surface area contributed by atoms with Gasteiger partial charge in [-0.25, -0.2) is 14.4 Å². The smallest absolute Gasteiger partial charge is 0.275 e. The van der Waals surface area contributed by atoms with Crippen molar-refractivity contribution in [1.29, 1.82) is 0 Å². The number of rotatable bonds is 3. The monoisotopic (exact) mass is 416 g/mol. The van der Waals surface area contributed by atoms with E-state index < -0.39 is 11.7 Å². The van der Waals surface area contributed by atoms with Crippen LogP contribution in [0, 0.1) is 12.7 Å². The summed E-state index contributed by atoms with van der Waals surface area (Å²) < 4.78 is 16.4. The van der Waals surface area contributed by atoms with Crippen molar-refractivity contribution in [1.82, 2.24) is 19.7 Å². The lowest BCUT2D eigenvalue weighted by molar-refractivity contribution is 0.102. The van der Waals surface area contributed by atoms with E-state index in [4.69, 9.17) is 0 Å². The highest BCUT2D eigenvalue weighted by molar-refractivity contribution is 6.02. The molecule has 1 aromatic carbocycles. The molecule has 29 heavy (non-hydrogen) atoms. The van der Waals surface area contributed by atoms with Crippen molar-refractivity contribution < 1.29 is 9.18 Å². The second kappa shape index (κ2) is 7.61. The van der Waals surface area contributed by atoms with Gasteiger partial charge in [0.25, 0.3) is 5.91 Å². The van der Waals surface area contributed by atoms with Crippen LogP contribution >= 0.6 is 12.4 Å². The standard InChI is InChI=1S/C20H21FN6O.ClH/c1-12-8-27-11-18(22-7-19(27)23-12)20(28)25-17-5-4-15(6-16(17)21)26-9-13-2-3-14(10-26)24-13;/h4-8,11,13-14,24H,2-3,9-10H2,1H3,(H,25,28);1H/t13-,14+;. The van der Waals surface area contributed by atoms with E-state index in [1.54, 1.807) is 16.7 Å². The molecule has 2 aliphatic rings. The Hall–Kier alpha value is -2.71. The number of imidazole rings is 1. The first-order valence-electron chi connectivity index (χ1n) is 9.48. The van der Waals surface area contributed by atoms with Gasteiger partial charge in [-0.1, -0.05) is 0 Å². The Morgan fingerprint density at radius 2 is 2.00 bits per heavy atom. The molecule has 2 fully saturated rings. The van der Waals surface area contributed by atoms with Gasteiger partial charge in [0.05, 0.1) is 17.6 Å². The lowest BCUT2D eigenvalue weighted by Gasteiger charge is -2.34. The van der Waals surface area contributed by atoms with Gasteiger partial charge in [-0.15, -0.1) is 12.4 Å². The molecule has 2 bridgehead atoms. The predicted molar refractivity (Wildman–Crippen MR) is 111 cm³/mol. The van der Waals surface area contributed by atoms with Crippen molar-refractivity contribution >= 4 is 35.3 Å². The van der Waals surface area contributed by atoms with Crippen molar-refractivity contribution in [2.45, 2.75) is 31.8 Å². The number of anilines is 2. The third-order valence-corrected chi connectivity index (χ3v) is 5.48. The third-order valence-electron chi connectivity index (χ3n) is 5.48. The summed E-state index contributed by atoms with van der Waals surface area (Å²) in [4.78, 5) is 23.1. The zero-order valence-corrected chi connectivity index (χ0v) is 16.7. The molecule has 0 spiro atoms. The predicted octanol–water partition coefficient (Wildman–Crippen LogP) is 2.79. The Labute approximate surface area is 173 Å². The van der Waals surface area contributed by atoms with Crippen molar-refractivity contribution in [3.8, 4) is 0 Å². The molecule has 4 heterocycles. The molecule has 2 saturated heterocycles. The second-order valence-electron chi connectivity index (χ2n) is 7.58. The van der Waals surface area contributed by atoms with E-state index in [0.29, 0.717) is 17.7 Å². The number of nitrogens with zero attached hydrogens (tertiary/aromatic N) is 4. The van der Waals surface area contributed by atoms with E-state index in [-0.39, 0.29) is 23.8 Å². The van der Waals surface area contributed by atoms with Crippen LogP contribution in [0.2, 0.25) is 0 Å². The number of halogens is 2. The number of piperazine rings is 1. The number of fused-ring (bicyclic) bond motifs is 3. The van der Waals surface area contributed by atoms with E-state index in [9.17, 15) is 9.18 Å². The van der Waals surface area contributed by atoms with Gasteiger partial charge in [0.2, 0.25) is 0 Å². The number of carbonyl (C=O) groups is 1. The lowest BCUT2D eigenvalue weighted by atomic mass is 10.2. The number of carbonyl (C=O) groups excluding carboxylic acids is 1. The fraction of sp³-hybridized carbons (Fsp3) is 0.350. The largest absolute Gasteiger partial charge is 0.368 e. The molecule has 9 heteroatoms. The number of amides is 1. The first kappa shape index (κ1) is 19.6. The van der Waals surface area contributed by atoms with Gasteiger partial charge in [0.15, 0.2) is 5.65 Å². The number of benzene rings is 1. The average molecular weight is 417 g/mol. The molecular formula is C20H22ClFN6O. The van der Waals surface area contributed by atoms with Crippen LogP contribution in [-0.2, 0) is 0 Å². The van der Waals surface area contributed by atoms with Crippen LogP contribution in [0.25, 0.3) is 5.65 Å². The lowest BCUT2D eigenvalue weighted by Crippen LogP contribution is -2.51. The molecule has 2 N–H and O–H groups in total. The van der Waals surface area contributed by atoms with Crippen LogP contribution in [0.1, 0.15) is 29.0 Å². The summed E-state index contributed by atoms with van der Waals surface area (Å²) in [6.45, 7) is 3.64. The average Bonchev–Trinajstić information content (AvgIpc) is 3.22. The fourth-order valence-electron chi connectivity index (χ4n) is 4.14. The van der Waals surface area contributed by atoms with Crippen molar-refractivity contribution in [2.75, 3.05) is 23.3 Å². The summed E-state index contributed by atoms with van der Waals surface area (Å²) in [6, 6.07) is 5.94. The molecule has 2 aliphatic heterocycles.